The lowest BCUT2D eigenvalue weighted by atomic mass is 9.91. The molecular weight excluding hydrogens is 1280 g/mol. The minimum Gasteiger partial charge on any atom is -0.508 e. The Morgan fingerprint density at radius 2 is 1.01 bits per heavy atom. The molecule has 0 spiro atoms. The van der Waals surface area contributed by atoms with Gasteiger partial charge in [-0.05, 0) is 197 Å². The fourth-order valence-electron chi connectivity index (χ4n) is 8.03. The Balaban J connectivity index is 0. The number of aryl methyl sites for hydroxylation is 13. The van der Waals surface area contributed by atoms with Crippen molar-refractivity contribution < 1.29 is 23.8 Å². The number of furan rings is 1. The van der Waals surface area contributed by atoms with Crippen LogP contribution in [0.2, 0.25) is 0 Å². The van der Waals surface area contributed by atoms with Crippen LogP contribution in [0.3, 0.4) is 0 Å². The smallest absolute Gasteiger partial charge is 0.411 e. The first-order valence-electron chi connectivity index (χ1n) is 35.2. The SMILES string of the molecule is CC.CC.CC(=O)Nc1ccccc1C.CC1CCCCC1.CCOC(=O)Nc1ccccc1C.Cc1ccc(C)nc1.Cc1ccc(N(C)C)cc1.Cc1cccc(C)c1.Cc1ccccc1.Cc1ccccc1O.Cc1ccccn1.Cc1ccco1.Cc1cccs1.Cc1cnccn1. The number of aromatic nitrogens is 4. The molecule has 13 heteroatoms. The van der Waals surface area contributed by atoms with Gasteiger partial charge in [-0.15, -0.1) is 11.3 Å². The van der Waals surface area contributed by atoms with E-state index in [0.29, 0.717) is 12.4 Å². The maximum Gasteiger partial charge on any atom is 0.411 e. The lowest BCUT2D eigenvalue weighted by Crippen LogP contribution is -2.13. The van der Waals surface area contributed by atoms with Gasteiger partial charge in [-0.3, -0.25) is 30.0 Å². The van der Waals surface area contributed by atoms with Crippen molar-refractivity contribution in [2.24, 2.45) is 5.92 Å². The molecule has 12 rings (SSSR count). The van der Waals surface area contributed by atoms with Gasteiger partial charge >= 0.3 is 6.09 Å². The molecule has 12 nitrogen and oxygen atoms in total. The number of para-hydroxylation sites is 3. The number of nitrogens with one attached hydrogen (secondary N) is 2. The number of phenolic OH excluding ortho intramolecular Hbond substituents is 1. The number of thiophene rings is 1. The summed E-state index contributed by atoms with van der Waals surface area (Å²) >= 11 is 1.78. The number of nitrogens with zero attached hydrogens (tertiary/aromatic N) is 5. The van der Waals surface area contributed by atoms with Crippen LogP contribution in [0.5, 0.6) is 5.75 Å². The Morgan fingerprint density at radius 3 is 1.31 bits per heavy atom. The molecule has 0 radical (unpaired) electrons. The molecule has 1 aliphatic rings. The zero-order chi connectivity index (χ0) is 76.7. The number of carbonyl (C=O) groups excluding carboxylic acids is 2. The van der Waals surface area contributed by atoms with Gasteiger partial charge in [0.15, 0.2) is 0 Å². The first kappa shape index (κ1) is 94.1. The van der Waals surface area contributed by atoms with Crippen LogP contribution in [0.1, 0.15) is 153 Å². The van der Waals surface area contributed by atoms with Gasteiger partial charge in [0.2, 0.25) is 5.91 Å². The van der Waals surface area contributed by atoms with Gasteiger partial charge in [0.05, 0.1) is 18.6 Å². The standard InChI is InChI=1S/C10H13NO2.C9H11NO.C9H13N.C8H10.C7H9N.C7H8O.C7H14.C7H8.C6H7N.C5H6N2.C5H6O.C5H6S.2C2H6/c1-3-13-10(12)11-9-7-5-4-6-8(9)2;1-7-5-3-4-6-9(7)10-8(2)11;1-8-4-6-9(7-5-8)10(2)3;1-7-4-3-5-8(2)6-7;1-6-3-4-7(2)8-5-6;1-6-4-2-3-5-7(6)8;2*1-7-5-3-2-4-6-7;1-6-4-2-3-5-7-6;1-5-4-6-2-3-7-5;2*1-5-3-2-4-6-5;2*1-2/h4-7H,3H2,1-2H3,(H,11,12);3-6H,1-2H3,(H,10,11);4-7H,1-3H3;3-6H,1-2H3;3-5H,1-2H3;2-5,8H,1H3;7H,2-6H2,1H3;2-6H,1H3;2-5H,1H3;2-4H,1H3;2*2-4H,1H3;2*1-2H3. The lowest BCUT2D eigenvalue weighted by molar-refractivity contribution is -0.114. The van der Waals surface area contributed by atoms with Gasteiger partial charge < -0.3 is 24.5 Å². The number of anilines is 3. The molecule has 1 aliphatic carbocycles. The van der Waals surface area contributed by atoms with Crippen LogP contribution in [0.4, 0.5) is 21.9 Å². The molecule has 2 amide bonds. The van der Waals surface area contributed by atoms with E-state index < -0.39 is 6.09 Å². The second kappa shape index (κ2) is 62.1. The van der Waals surface area contributed by atoms with Gasteiger partial charge in [-0.2, -0.15) is 0 Å². The molecule has 5 heterocycles. The average molecular weight is 1400 g/mol. The molecule has 11 aromatic rings. The summed E-state index contributed by atoms with van der Waals surface area (Å²) in [7, 11) is 4.09. The highest BCUT2D eigenvalue weighted by atomic mass is 32.1. The van der Waals surface area contributed by atoms with E-state index >= 15 is 0 Å². The van der Waals surface area contributed by atoms with Gasteiger partial charge in [0, 0.05) is 85.3 Å². The molecule has 0 saturated heterocycles. The van der Waals surface area contributed by atoms with Crippen LogP contribution in [0.25, 0.3) is 0 Å². The van der Waals surface area contributed by atoms with E-state index in [1.807, 2.05) is 225 Å². The second-order valence-electron chi connectivity index (χ2n) is 23.5. The van der Waals surface area contributed by atoms with Crippen molar-refractivity contribution >= 4 is 40.4 Å². The quantitative estimate of drug-likeness (QED) is 0.155. The van der Waals surface area contributed by atoms with E-state index in [0.717, 1.165) is 56.8 Å². The zero-order valence-corrected chi connectivity index (χ0v) is 66.5. The maximum atomic E-state index is 11.0. The Morgan fingerprint density at radius 1 is 0.500 bits per heavy atom. The summed E-state index contributed by atoms with van der Waals surface area (Å²) in [5, 5.41) is 16.4. The third kappa shape index (κ3) is 54.9. The highest BCUT2D eigenvalue weighted by Crippen LogP contribution is 2.22. The van der Waals surface area contributed by atoms with E-state index in [4.69, 9.17) is 14.3 Å². The van der Waals surface area contributed by atoms with Gasteiger partial charge in [-0.1, -0.05) is 229 Å². The summed E-state index contributed by atoms with van der Waals surface area (Å²) in [4.78, 5) is 41.0. The van der Waals surface area contributed by atoms with Gasteiger partial charge in [0.25, 0.3) is 0 Å². The van der Waals surface area contributed by atoms with E-state index in [1.54, 1.807) is 55.4 Å². The van der Waals surface area contributed by atoms with Crippen molar-refractivity contribution in [3.8, 4) is 5.75 Å². The Hall–Kier alpha value is -9.98. The molecule has 1 saturated carbocycles. The molecule has 550 valence electrons. The highest BCUT2D eigenvalue weighted by molar-refractivity contribution is 7.09. The minimum absolute atomic E-state index is 0.0284. The van der Waals surface area contributed by atoms with Crippen LogP contribution in [0, 0.1) is 95.9 Å². The Bertz CT molecular complexity index is 3520. The van der Waals surface area contributed by atoms with Crippen molar-refractivity contribution in [3.63, 3.8) is 0 Å². The number of hydrogen-bond acceptors (Lipinski definition) is 11. The van der Waals surface area contributed by atoms with Crippen molar-refractivity contribution in [3.05, 3.63) is 321 Å². The van der Waals surface area contributed by atoms with Gasteiger partial charge in [0.1, 0.15) is 11.5 Å². The summed E-state index contributed by atoms with van der Waals surface area (Å²) in [6.45, 7) is 40.1. The number of phenols is 1. The van der Waals surface area contributed by atoms with Crippen molar-refractivity contribution in [2.45, 2.75) is 171 Å². The Kier molecular flexibility index (Phi) is 57.2. The molecule has 5 aromatic heterocycles. The zero-order valence-electron chi connectivity index (χ0n) is 65.7. The number of ether oxygens (including phenoxy) is 1. The van der Waals surface area contributed by atoms with Crippen LogP contribution in [0.15, 0.2) is 253 Å². The largest absolute Gasteiger partial charge is 0.508 e. The van der Waals surface area contributed by atoms with E-state index in [1.165, 1.54) is 77.4 Å². The van der Waals surface area contributed by atoms with Crippen molar-refractivity contribution in [1.29, 1.82) is 0 Å². The van der Waals surface area contributed by atoms with Crippen LogP contribution in [-0.4, -0.2) is 57.7 Å². The number of rotatable bonds is 4. The fraction of sp³-hybridized carbons (Fsp3) is 0.326. The molecular formula is C89H123N7O5S. The molecule has 6 aromatic carbocycles. The van der Waals surface area contributed by atoms with E-state index in [9.17, 15) is 9.59 Å². The molecule has 102 heavy (non-hydrogen) atoms. The van der Waals surface area contributed by atoms with Gasteiger partial charge in [-0.25, -0.2) is 4.79 Å². The summed E-state index contributed by atoms with van der Waals surface area (Å²) in [5.41, 5.74) is 15.6. The topological polar surface area (TPSA) is 156 Å². The van der Waals surface area contributed by atoms with Crippen LogP contribution < -0.4 is 15.5 Å². The summed E-state index contributed by atoms with van der Waals surface area (Å²) in [6.07, 6.45) is 17.4. The van der Waals surface area contributed by atoms with Crippen molar-refractivity contribution in [2.75, 3.05) is 36.2 Å². The van der Waals surface area contributed by atoms with Crippen LogP contribution in [-0.2, 0) is 9.53 Å². The number of benzene rings is 6. The summed E-state index contributed by atoms with van der Waals surface area (Å²) in [5.74, 6) is 2.34. The summed E-state index contributed by atoms with van der Waals surface area (Å²) in [6, 6.07) is 67.6. The third-order valence-corrected chi connectivity index (χ3v) is 14.5. The monoisotopic (exact) mass is 1400 g/mol. The predicted molar refractivity (Wildman–Crippen MR) is 440 cm³/mol. The molecule has 0 unspecified atom stereocenters. The average Bonchev–Trinajstić information content (AvgIpc) is 1.14. The number of pyridine rings is 2. The van der Waals surface area contributed by atoms with E-state index in [-0.39, 0.29) is 5.91 Å². The fourth-order valence-corrected chi connectivity index (χ4v) is 8.56. The lowest BCUT2D eigenvalue weighted by Gasteiger charge is -2.15. The molecule has 0 aliphatic heterocycles. The van der Waals surface area contributed by atoms with Crippen LogP contribution >= 0.6 is 11.3 Å². The molecule has 1 fully saturated rings. The van der Waals surface area contributed by atoms with E-state index in [2.05, 4.69) is 161 Å². The number of amides is 2. The van der Waals surface area contributed by atoms with Crippen molar-refractivity contribution in [1.82, 2.24) is 19.9 Å². The maximum absolute atomic E-state index is 11.0. The molecule has 0 atom stereocenters. The third-order valence-electron chi connectivity index (χ3n) is 13.7. The first-order chi connectivity index (χ1) is 48.9. The molecule has 3 N–H and O–H groups in total. The number of carbonyl (C=O) groups is 2. The second-order valence-corrected chi connectivity index (χ2v) is 24.6. The summed E-state index contributed by atoms with van der Waals surface area (Å²) < 4.78 is 9.58. The highest BCUT2D eigenvalue weighted by Gasteiger charge is 2.06. The number of aromatic hydroxyl groups is 1. The first-order valence-corrected chi connectivity index (χ1v) is 36.1. The molecule has 0 bridgehead atoms. The number of hydrogen-bond donors (Lipinski definition) is 3. The normalized spacial score (nSPS) is 9.98. The Labute approximate surface area is 620 Å². The minimum atomic E-state index is -0.406. The predicted octanol–water partition coefficient (Wildman–Crippen LogP) is 24.7.